The van der Waals surface area contributed by atoms with Gasteiger partial charge in [-0.3, -0.25) is 9.48 Å². The smallest absolute Gasteiger partial charge is 0.296 e. The van der Waals surface area contributed by atoms with E-state index < -0.39 is 5.91 Å². The van der Waals surface area contributed by atoms with Crippen LogP contribution in [0.15, 0.2) is 55.0 Å². The lowest BCUT2D eigenvalue weighted by Crippen LogP contribution is -2.14. The number of hydrogen-bond acceptors (Lipinski definition) is 5. The van der Waals surface area contributed by atoms with E-state index >= 15 is 0 Å². The number of aromatic nitrogens is 6. The first-order valence-electron chi connectivity index (χ1n) is 7.44. The third-order valence-corrected chi connectivity index (χ3v) is 3.71. The molecule has 0 radical (unpaired) electrons. The first kappa shape index (κ1) is 15.3. The van der Waals surface area contributed by atoms with Gasteiger partial charge in [0, 0.05) is 29.7 Å². The monoisotopic (exact) mass is 353 g/mol. The van der Waals surface area contributed by atoms with Crippen molar-refractivity contribution in [3.63, 3.8) is 0 Å². The summed E-state index contributed by atoms with van der Waals surface area (Å²) < 4.78 is 3.16. The maximum Gasteiger partial charge on any atom is 0.296 e. The summed E-state index contributed by atoms with van der Waals surface area (Å²) in [4.78, 5) is 20.3. The molecule has 9 heteroatoms. The molecule has 0 aliphatic heterocycles. The molecule has 0 bridgehead atoms. The molecular weight excluding hydrogens is 342 g/mol. The number of halogens is 1. The Bertz CT molecular complexity index is 1010. The maximum absolute atomic E-state index is 12.2. The number of amides is 1. The highest BCUT2D eigenvalue weighted by atomic mass is 35.5. The minimum atomic E-state index is -0.442. The maximum atomic E-state index is 12.2. The molecule has 1 amide bonds. The highest BCUT2D eigenvalue weighted by Gasteiger charge is 2.14. The Labute approximate surface area is 147 Å². The molecule has 4 aromatic rings. The number of carbonyl (C=O) groups excluding carboxylic acids is 1. The number of carbonyl (C=O) groups is 1. The number of rotatable bonds is 4. The summed E-state index contributed by atoms with van der Waals surface area (Å²) in [7, 11) is 0. The summed E-state index contributed by atoms with van der Waals surface area (Å²) in [5.41, 5.74) is 1.05. The fourth-order valence-electron chi connectivity index (χ4n) is 2.29. The standard InChI is InChI=1S/C16H12ClN7O/c17-12-4-2-11(3-5-12)10-23-9-6-13(21-23)19-15(25)14-20-16-18-7-1-8-24(16)22-14/h1-9H,10H2,(H,19,21,25). The summed E-state index contributed by atoms with van der Waals surface area (Å²) >= 11 is 5.88. The van der Waals surface area contributed by atoms with Crippen LogP contribution in [0, 0.1) is 0 Å². The second kappa shape index (κ2) is 6.33. The van der Waals surface area contributed by atoms with Crippen LogP contribution >= 0.6 is 11.6 Å². The largest absolute Gasteiger partial charge is 0.302 e. The van der Waals surface area contributed by atoms with E-state index in [1.54, 1.807) is 35.4 Å². The van der Waals surface area contributed by atoms with E-state index in [-0.39, 0.29) is 5.82 Å². The van der Waals surface area contributed by atoms with E-state index in [1.165, 1.54) is 4.52 Å². The lowest BCUT2D eigenvalue weighted by molar-refractivity contribution is 0.101. The molecule has 4 rings (SSSR count). The fraction of sp³-hybridized carbons (Fsp3) is 0.0625. The van der Waals surface area contributed by atoms with Crippen molar-refractivity contribution in [1.82, 2.24) is 29.4 Å². The van der Waals surface area contributed by atoms with Crippen LogP contribution in [0.3, 0.4) is 0 Å². The number of anilines is 1. The summed E-state index contributed by atoms with van der Waals surface area (Å²) in [6, 6.07) is 10.9. The summed E-state index contributed by atoms with van der Waals surface area (Å²) in [5.74, 6) is 0.375. The van der Waals surface area contributed by atoms with Crippen LogP contribution in [-0.2, 0) is 6.54 Å². The fourth-order valence-corrected chi connectivity index (χ4v) is 2.42. The Morgan fingerprint density at radius 1 is 1.12 bits per heavy atom. The van der Waals surface area contributed by atoms with Gasteiger partial charge in [-0.1, -0.05) is 23.7 Å². The summed E-state index contributed by atoms with van der Waals surface area (Å²) in [6.07, 6.45) is 5.04. The Balaban J connectivity index is 1.46. The number of nitrogens with zero attached hydrogens (tertiary/aromatic N) is 6. The first-order valence-corrected chi connectivity index (χ1v) is 7.82. The van der Waals surface area contributed by atoms with Gasteiger partial charge in [0.1, 0.15) is 0 Å². The third kappa shape index (κ3) is 3.33. The minimum Gasteiger partial charge on any atom is -0.302 e. The van der Waals surface area contributed by atoms with Gasteiger partial charge in [0.05, 0.1) is 6.54 Å². The van der Waals surface area contributed by atoms with Gasteiger partial charge in [-0.2, -0.15) is 10.1 Å². The van der Waals surface area contributed by atoms with Gasteiger partial charge in [-0.25, -0.2) is 9.50 Å². The zero-order valence-corrected chi connectivity index (χ0v) is 13.6. The summed E-state index contributed by atoms with van der Waals surface area (Å²) in [5, 5.41) is 11.8. The van der Waals surface area contributed by atoms with E-state index in [4.69, 9.17) is 11.6 Å². The van der Waals surface area contributed by atoms with E-state index in [9.17, 15) is 4.79 Å². The molecule has 124 valence electrons. The van der Waals surface area contributed by atoms with E-state index in [0.717, 1.165) is 5.56 Å². The van der Waals surface area contributed by atoms with Gasteiger partial charge >= 0.3 is 0 Å². The molecule has 0 fully saturated rings. The van der Waals surface area contributed by atoms with Crippen LogP contribution < -0.4 is 5.32 Å². The Morgan fingerprint density at radius 2 is 1.96 bits per heavy atom. The normalized spacial score (nSPS) is 10.9. The zero-order valence-electron chi connectivity index (χ0n) is 12.9. The molecule has 3 heterocycles. The van der Waals surface area contributed by atoms with Gasteiger partial charge in [0.15, 0.2) is 5.82 Å². The Kier molecular flexibility index (Phi) is 3.87. The zero-order chi connectivity index (χ0) is 17.2. The molecule has 8 nitrogen and oxygen atoms in total. The second-order valence-corrected chi connectivity index (χ2v) is 5.72. The number of benzene rings is 1. The SMILES string of the molecule is O=C(Nc1ccn(Cc2ccc(Cl)cc2)n1)c1nc2ncccn2n1. The first-order chi connectivity index (χ1) is 12.2. The molecule has 1 N–H and O–H groups in total. The predicted octanol–water partition coefficient (Wildman–Crippen LogP) is 2.27. The van der Waals surface area contributed by atoms with Crippen LogP contribution in [0.25, 0.3) is 5.78 Å². The highest BCUT2D eigenvalue weighted by Crippen LogP contribution is 2.12. The van der Waals surface area contributed by atoms with Crippen molar-refractivity contribution in [1.29, 1.82) is 0 Å². The molecule has 3 aromatic heterocycles. The van der Waals surface area contributed by atoms with Crippen molar-refractivity contribution in [2.75, 3.05) is 5.32 Å². The molecule has 25 heavy (non-hydrogen) atoms. The van der Waals surface area contributed by atoms with Gasteiger partial charge in [-0.05, 0) is 23.8 Å². The average molecular weight is 354 g/mol. The molecule has 0 saturated carbocycles. The van der Waals surface area contributed by atoms with Crippen molar-refractivity contribution < 1.29 is 4.79 Å². The van der Waals surface area contributed by atoms with Gasteiger partial charge in [-0.15, -0.1) is 5.10 Å². The number of hydrogen-bond donors (Lipinski definition) is 1. The van der Waals surface area contributed by atoms with Crippen molar-refractivity contribution in [3.05, 3.63) is 71.4 Å². The molecule has 0 unspecified atom stereocenters. The lowest BCUT2D eigenvalue weighted by atomic mass is 10.2. The van der Waals surface area contributed by atoms with Crippen molar-refractivity contribution in [3.8, 4) is 0 Å². The van der Waals surface area contributed by atoms with Crippen molar-refractivity contribution >= 4 is 29.1 Å². The average Bonchev–Trinajstić information content (AvgIpc) is 3.23. The predicted molar refractivity (Wildman–Crippen MR) is 91.5 cm³/mol. The second-order valence-electron chi connectivity index (χ2n) is 5.28. The quantitative estimate of drug-likeness (QED) is 0.608. The Hall–Kier alpha value is -3.26. The van der Waals surface area contributed by atoms with Gasteiger partial charge in [0.2, 0.25) is 5.82 Å². The van der Waals surface area contributed by atoms with Crippen molar-refractivity contribution in [2.24, 2.45) is 0 Å². The molecule has 1 aromatic carbocycles. The van der Waals surface area contributed by atoms with Crippen LogP contribution in [0.1, 0.15) is 16.2 Å². The van der Waals surface area contributed by atoms with E-state index in [2.05, 4.69) is 25.5 Å². The topological polar surface area (TPSA) is 90.0 Å². The Morgan fingerprint density at radius 3 is 2.76 bits per heavy atom. The van der Waals surface area contributed by atoms with Gasteiger partial charge < -0.3 is 5.32 Å². The van der Waals surface area contributed by atoms with Crippen LogP contribution in [0.5, 0.6) is 0 Å². The highest BCUT2D eigenvalue weighted by molar-refractivity contribution is 6.30. The molecule has 0 aliphatic rings. The van der Waals surface area contributed by atoms with Crippen LogP contribution in [0.4, 0.5) is 5.82 Å². The molecular formula is C16H12ClN7O. The van der Waals surface area contributed by atoms with Crippen molar-refractivity contribution in [2.45, 2.75) is 6.54 Å². The molecule has 0 atom stereocenters. The molecule has 0 spiro atoms. The van der Waals surface area contributed by atoms with Gasteiger partial charge in [0.25, 0.3) is 11.7 Å². The summed E-state index contributed by atoms with van der Waals surface area (Å²) in [6.45, 7) is 0.573. The van der Waals surface area contributed by atoms with E-state index in [1.807, 2.05) is 24.3 Å². The number of fused-ring (bicyclic) bond motifs is 1. The third-order valence-electron chi connectivity index (χ3n) is 3.46. The lowest BCUT2D eigenvalue weighted by Gasteiger charge is -2.02. The number of nitrogens with one attached hydrogen (secondary N) is 1. The molecule has 0 aliphatic carbocycles. The minimum absolute atomic E-state index is 0.0333. The van der Waals surface area contributed by atoms with Crippen LogP contribution in [0.2, 0.25) is 5.02 Å². The molecule has 0 saturated heterocycles. The van der Waals surface area contributed by atoms with E-state index in [0.29, 0.717) is 23.2 Å². The van der Waals surface area contributed by atoms with Crippen LogP contribution in [-0.4, -0.2) is 35.3 Å².